The van der Waals surface area contributed by atoms with E-state index in [0.717, 1.165) is 16.7 Å². The number of alkyl halides is 1. The molecule has 1 fully saturated rings. The zero-order valence-corrected chi connectivity index (χ0v) is 20.3. The number of hydrogen-bond acceptors (Lipinski definition) is 5. The molecular weight excluding hydrogens is 461 g/mol. The largest absolute Gasteiger partial charge is 0.374 e. The molecule has 0 saturated carbocycles. The molecule has 4 rings (SSSR count). The van der Waals surface area contributed by atoms with Crippen LogP contribution >= 0.6 is 0 Å². The normalized spacial score (nSPS) is 23.8. The molecule has 5 atom stereocenters. The Bertz CT molecular complexity index is 1050. The molecule has 0 aliphatic carbocycles. The molecule has 3 aromatic rings. The first-order valence-electron chi connectivity index (χ1n) is 12.1. The van der Waals surface area contributed by atoms with Gasteiger partial charge in [-0.1, -0.05) is 91.0 Å². The number of carbonyl (C=O) groups is 1. The van der Waals surface area contributed by atoms with Crippen LogP contribution in [-0.4, -0.2) is 43.2 Å². The van der Waals surface area contributed by atoms with Crippen molar-refractivity contribution in [3.8, 4) is 0 Å². The zero-order chi connectivity index (χ0) is 25.2. The fourth-order valence-electron chi connectivity index (χ4n) is 4.21. The van der Waals surface area contributed by atoms with Gasteiger partial charge >= 0.3 is 0 Å². The summed E-state index contributed by atoms with van der Waals surface area (Å²) in [5.41, 5.74) is 2.89. The van der Waals surface area contributed by atoms with Gasteiger partial charge < -0.3 is 24.3 Å². The van der Waals surface area contributed by atoms with E-state index < -0.39 is 30.7 Å². The maximum Gasteiger partial charge on any atom is 0.222 e. The van der Waals surface area contributed by atoms with Crippen molar-refractivity contribution in [1.29, 1.82) is 0 Å². The summed E-state index contributed by atoms with van der Waals surface area (Å²) in [6.45, 7) is 2.31. The highest BCUT2D eigenvalue weighted by Crippen LogP contribution is 2.29. The maximum absolute atomic E-state index is 15.3. The molecule has 3 aromatic carbocycles. The zero-order valence-electron chi connectivity index (χ0n) is 20.3. The van der Waals surface area contributed by atoms with E-state index >= 15 is 4.39 Å². The van der Waals surface area contributed by atoms with E-state index in [1.165, 1.54) is 6.92 Å². The molecule has 6 nitrogen and oxygen atoms in total. The van der Waals surface area contributed by atoms with E-state index in [1.807, 2.05) is 91.0 Å². The minimum Gasteiger partial charge on any atom is -0.374 e. The van der Waals surface area contributed by atoms with E-state index in [0.29, 0.717) is 6.61 Å². The molecule has 1 aliphatic heterocycles. The molecule has 0 aromatic heterocycles. The van der Waals surface area contributed by atoms with Gasteiger partial charge in [0.05, 0.1) is 26.4 Å². The van der Waals surface area contributed by atoms with E-state index in [1.54, 1.807) is 0 Å². The van der Waals surface area contributed by atoms with Crippen molar-refractivity contribution < 1.29 is 28.1 Å². The molecule has 1 N–H and O–H groups in total. The molecule has 1 amide bonds. The summed E-state index contributed by atoms with van der Waals surface area (Å²) in [6, 6.07) is 28.0. The highest BCUT2D eigenvalue weighted by Gasteiger charge is 2.48. The smallest absolute Gasteiger partial charge is 0.222 e. The predicted molar refractivity (Wildman–Crippen MR) is 134 cm³/mol. The average molecular weight is 494 g/mol. The van der Waals surface area contributed by atoms with E-state index in [4.69, 9.17) is 18.9 Å². The summed E-state index contributed by atoms with van der Waals surface area (Å²) in [5.74, 6) is -0.375. The second-order valence-corrected chi connectivity index (χ2v) is 8.78. The highest BCUT2D eigenvalue weighted by atomic mass is 19.1. The Hall–Kier alpha value is -3.10. The van der Waals surface area contributed by atoms with Crippen molar-refractivity contribution in [2.24, 2.45) is 0 Å². The van der Waals surface area contributed by atoms with Crippen LogP contribution in [0.1, 0.15) is 23.6 Å². The molecular formula is C29H32FNO5. The monoisotopic (exact) mass is 493 g/mol. The number of carbonyl (C=O) groups excluding carboxylic acids is 1. The van der Waals surface area contributed by atoms with Crippen molar-refractivity contribution >= 4 is 5.91 Å². The van der Waals surface area contributed by atoms with Crippen LogP contribution in [-0.2, 0) is 43.6 Å². The van der Waals surface area contributed by atoms with E-state index in [2.05, 4.69) is 5.32 Å². The van der Waals surface area contributed by atoms with Gasteiger partial charge in [0, 0.05) is 6.92 Å². The number of amides is 1. The Balaban J connectivity index is 1.53. The maximum atomic E-state index is 15.3. The first-order valence-corrected chi connectivity index (χ1v) is 12.1. The summed E-state index contributed by atoms with van der Waals surface area (Å²) in [6.07, 6.45) is -4.00. The highest BCUT2D eigenvalue weighted by molar-refractivity contribution is 5.73. The van der Waals surface area contributed by atoms with Gasteiger partial charge in [-0.3, -0.25) is 4.79 Å². The third-order valence-corrected chi connectivity index (χ3v) is 5.97. The Morgan fingerprint density at radius 3 is 1.75 bits per heavy atom. The Labute approximate surface area is 211 Å². The van der Waals surface area contributed by atoms with Crippen LogP contribution < -0.4 is 5.32 Å². The van der Waals surface area contributed by atoms with Crippen LogP contribution in [0.25, 0.3) is 0 Å². The lowest BCUT2D eigenvalue weighted by Crippen LogP contribution is -2.64. The van der Waals surface area contributed by atoms with Crippen LogP contribution in [0.2, 0.25) is 0 Å². The van der Waals surface area contributed by atoms with Crippen LogP contribution in [0.15, 0.2) is 91.0 Å². The SMILES string of the molecule is CC(=O)N[C@@H]1[C@@H](OCc2ccccc2)[C@H](OCc2ccccc2)[C@@H](COCc2ccccc2)O[C@@H]1F. The van der Waals surface area contributed by atoms with Crippen LogP contribution in [0.4, 0.5) is 4.39 Å². The van der Waals surface area contributed by atoms with Crippen molar-refractivity contribution in [3.05, 3.63) is 108 Å². The molecule has 1 heterocycles. The second-order valence-electron chi connectivity index (χ2n) is 8.78. The van der Waals surface area contributed by atoms with Gasteiger partial charge in [0.15, 0.2) is 0 Å². The van der Waals surface area contributed by atoms with Gasteiger partial charge in [0.1, 0.15) is 24.4 Å². The third-order valence-electron chi connectivity index (χ3n) is 5.97. The molecule has 190 valence electrons. The topological polar surface area (TPSA) is 66.0 Å². The van der Waals surface area contributed by atoms with E-state index in [9.17, 15) is 4.79 Å². The van der Waals surface area contributed by atoms with Gasteiger partial charge in [0.2, 0.25) is 12.3 Å². The number of rotatable bonds is 11. The second kappa shape index (κ2) is 13.3. The van der Waals surface area contributed by atoms with Crippen LogP contribution in [0.3, 0.4) is 0 Å². The van der Waals surface area contributed by atoms with Gasteiger partial charge in [-0.05, 0) is 16.7 Å². The van der Waals surface area contributed by atoms with E-state index in [-0.39, 0.29) is 25.7 Å². The standard InChI is InChI=1S/C29H32FNO5/c1-21(32)31-26-28(35-19-24-15-9-4-10-16-24)27(34-18-23-13-7-3-8-14-23)25(36-29(26)30)20-33-17-22-11-5-2-6-12-22/h2-16,25-29H,17-20H2,1H3,(H,31,32)/t25-,26-,27-,28-,29+/m1/s1. The minimum atomic E-state index is -1.78. The first-order chi connectivity index (χ1) is 17.6. The van der Waals surface area contributed by atoms with Crippen molar-refractivity contribution in [1.82, 2.24) is 5.32 Å². The number of benzene rings is 3. The van der Waals surface area contributed by atoms with Crippen molar-refractivity contribution in [3.63, 3.8) is 0 Å². The molecule has 1 saturated heterocycles. The van der Waals surface area contributed by atoms with Crippen molar-refractivity contribution in [2.45, 2.75) is 57.5 Å². The molecule has 36 heavy (non-hydrogen) atoms. The Morgan fingerprint density at radius 2 is 1.25 bits per heavy atom. The van der Waals surface area contributed by atoms with Gasteiger partial charge in [-0.15, -0.1) is 0 Å². The number of hydrogen-bond donors (Lipinski definition) is 1. The van der Waals surface area contributed by atoms with Crippen LogP contribution in [0.5, 0.6) is 0 Å². The predicted octanol–water partition coefficient (Wildman–Crippen LogP) is 4.57. The fourth-order valence-corrected chi connectivity index (χ4v) is 4.21. The van der Waals surface area contributed by atoms with Crippen molar-refractivity contribution in [2.75, 3.05) is 6.61 Å². The summed E-state index contributed by atoms with van der Waals surface area (Å²) < 4.78 is 39.4. The molecule has 7 heteroatoms. The molecule has 0 bridgehead atoms. The quantitative estimate of drug-likeness (QED) is 0.424. The summed E-state index contributed by atoms with van der Waals surface area (Å²) >= 11 is 0. The molecule has 1 aliphatic rings. The van der Waals surface area contributed by atoms with Gasteiger partial charge in [-0.25, -0.2) is 4.39 Å². The summed E-state index contributed by atoms with van der Waals surface area (Å²) in [5, 5.41) is 2.66. The lowest BCUT2D eigenvalue weighted by Gasteiger charge is -2.44. The van der Waals surface area contributed by atoms with Crippen LogP contribution in [0, 0.1) is 0 Å². The number of ether oxygens (including phenoxy) is 4. The third kappa shape index (κ3) is 7.45. The first kappa shape index (κ1) is 26.0. The Kier molecular flexibility index (Phi) is 9.58. The Morgan fingerprint density at radius 1 is 0.778 bits per heavy atom. The lowest BCUT2D eigenvalue weighted by atomic mass is 9.96. The average Bonchev–Trinajstić information content (AvgIpc) is 2.90. The molecule has 0 radical (unpaired) electrons. The summed E-state index contributed by atoms with van der Waals surface area (Å²) in [4.78, 5) is 11.9. The minimum absolute atomic E-state index is 0.104. The van der Waals surface area contributed by atoms with Gasteiger partial charge in [0.25, 0.3) is 0 Å². The molecule has 0 unspecified atom stereocenters. The number of halogens is 1. The lowest BCUT2D eigenvalue weighted by molar-refractivity contribution is -0.258. The van der Waals surface area contributed by atoms with Gasteiger partial charge in [-0.2, -0.15) is 0 Å². The summed E-state index contributed by atoms with van der Waals surface area (Å²) in [7, 11) is 0. The molecule has 0 spiro atoms. The fraction of sp³-hybridized carbons (Fsp3) is 0.345. The number of nitrogens with one attached hydrogen (secondary N) is 1.